The molecule has 0 saturated carbocycles. The summed E-state index contributed by atoms with van der Waals surface area (Å²) >= 11 is 0. The van der Waals surface area contributed by atoms with Crippen molar-refractivity contribution in [3.05, 3.63) is 58.9 Å². The molecule has 1 aromatic heterocycles. The average Bonchev–Trinajstić information content (AvgIpc) is 2.60. The molecule has 6 heteroatoms. The highest BCUT2D eigenvalue weighted by Crippen LogP contribution is 2.39. The SMILES string of the molecule is Cc1cc2ncnc(N3CCCc4ccc(C(F)(F)F)cc43)c2cc1C. The van der Waals surface area contributed by atoms with Crippen LogP contribution >= 0.6 is 0 Å². The van der Waals surface area contributed by atoms with Gasteiger partial charge in [0, 0.05) is 17.6 Å². The minimum Gasteiger partial charge on any atom is -0.325 e. The van der Waals surface area contributed by atoms with Gasteiger partial charge in [-0.15, -0.1) is 0 Å². The number of hydrogen-bond donors (Lipinski definition) is 0. The molecule has 3 nitrogen and oxygen atoms in total. The maximum atomic E-state index is 13.2. The summed E-state index contributed by atoms with van der Waals surface area (Å²) in [4.78, 5) is 10.7. The van der Waals surface area contributed by atoms with E-state index in [9.17, 15) is 13.2 Å². The van der Waals surface area contributed by atoms with Crippen molar-refractivity contribution in [1.82, 2.24) is 9.97 Å². The van der Waals surface area contributed by atoms with Gasteiger partial charge in [-0.05, 0) is 67.6 Å². The van der Waals surface area contributed by atoms with Gasteiger partial charge < -0.3 is 4.90 Å². The third kappa shape index (κ3) is 2.79. The summed E-state index contributed by atoms with van der Waals surface area (Å²) in [5, 5.41) is 0.862. The van der Waals surface area contributed by atoms with E-state index in [4.69, 9.17) is 0 Å². The highest BCUT2D eigenvalue weighted by atomic mass is 19.4. The quantitative estimate of drug-likeness (QED) is 0.588. The van der Waals surface area contributed by atoms with Crippen molar-refractivity contribution in [1.29, 1.82) is 0 Å². The van der Waals surface area contributed by atoms with Gasteiger partial charge >= 0.3 is 6.18 Å². The molecule has 26 heavy (non-hydrogen) atoms. The van der Waals surface area contributed by atoms with Gasteiger partial charge in [0.1, 0.15) is 12.1 Å². The van der Waals surface area contributed by atoms with Crippen molar-refractivity contribution in [3.63, 3.8) is 0 Å². The molecular formula is C20H18F3N3. The van der Waals surface area contributed by atoms with Crippen LogP contribution in [0.2, 0.25) is 0 Å². The normalized spacial score (nSPS) is 14.6. The van der Waals surface area contributed by atoms with Crippen molar-refractivity contribution >= 4 is 22.4 Å². The van der Waals surface area contributed by atoms with Crippen LogP contribution in [0, 0.1) is 13.8 Å². The summed E-state index contributed by atoms with van der Waals surface area (Å²) in [5.41, 5.74) is 3.91. The lowest BCUT2D eigenvalue weighted by Crippen LogP contribution is -2.26. The standard InChI is InChI=1S/C20H18F3N3/c1-12-8-16-17(9-13(12)2)24-11-25-19(16)26-7-3-4-14-5-6-15(10-18(14)26)20(21,22)23/h5-6,8-11H,3-4,7H2,1-2H3. The Morgan fingerprint density at radius 2 is 1.77 bits per heavy atom. The van der Waals surface area contributed by atoms with Crippen molar-refractivity contribution < 1.29 is 13.2 Å². The van der Waals surface area contributed by atoms with E-state index in [2.05, 4.69) is 9.97 Å². The molecule has 4 rings (SSSR count). The molecule has 1 aliphatic rings. The van der Waals surface area contributed by atoms with E-state index >= 15 is 0 Å². The van der Waals surface area contributed by atoms with Crippen LogP contribution in [-0.4, -0.2) is 16.5 Å². The van der Waals surface area contributed by atoms with E-state index in [-0.39, 0.29) is 0 Å². The first kappa shape index (κ1) is 16.8. The number of aromatic nitrogens is 2. The van der Waals surface area contributed by atoms with Crippen LogP contribution in [0.15, 0.2) is 36.7 Å². The largest absolute Gasteiger partial charge is 0.416 e. The van der Waals surface area contributed by atoms with Gasteiger partial charge in [0.05, 0.1) is 11.1 Å². The first-order chi connectivity index (χ1) is 12.3. The molecule has 0 spiro atoms. The van der Waals surface area contributed by atoms with Gasteiger partial charge in [-0.2, -0.15) is 13.2 Å². The Hall–Kier alpha value is -2.63. The number of fused-ring (bicyclic) bond motifs is 2. The lowest BCUT2D eigenvalue weighted by Gasteiger charge is -2.31. The fraction of sp³-hybridized carbons (Fsp3) is 0.300. The minimum absolute atomic E-state index is 0.587. The number of halogens is 3. The molecule has 1 aliphatic heterocycles. The molecule has 2 heterocycles. The number of aryl methyl sites for hydroxylation is 3. The third-order valence-corrected chi connectivity index (χ3v) is 5.02. The molecule has 2 aromatic carbocycles. The Labute approximate surface area is 149 Å². The predicted molar refractivity (Wildman–Crippen MR) is 95.8 cm³/mol. The monoisotopic (exact) mass is 357 g/mol. The average molecular weight is 357 g/mol. The van der Waals surface area contributed by atoms with Crippen molar-refractivity contribution in [2.24, 2.45) is 0 Å². The highest BCUT2D eigenvalue weighted by molar-refractivity contribution is 5.93. The summed E-state index contributed by atoms with van der Waals surface area (Å²) < 4.78 is 39.6. The summed E-state index contributed by atoms with van der Waals surface area (Å²) in [6, 6.07) is 8.00. The van der Waals surface area contributed by atoms with E-state index in [0.717, 1.165) is 46.5 Å². The summed E-state index contributed by atoms with van der Waals surface area (Å²) in [5.74, 6) is 0.665. The molecule has 0 N–H and O–H groups in total. The molecule has 0 saturated heterocycles. The number of anilines is 2. The zero-order valence-electron chi connectivity index (χ0n) is 14.6. The first-order valence-corrected chi connectivity index (χ1v) is 8.54. The molecule has 134 valence electrons. The molecule has 0 bridgehead atoms. The summed E-state index contributed by atoms with van der Waals surface area (Å²) in [6.45, 7) is 4.66. The second-order valence-corrected chi connectivity index (χ2v) is 6.75. The zero-order valence-corrected chi connectivity index (χ0v) is 14.6. The van der Waals surface area contributed by atoms with Gasteiger partial charge in [-0.1, -0.05) is 6.07 Å². The summed E-state index contributed by atoms with van der Waals surface area (Å²) in [7, 11) is 0. The number of nitrogens with zero attached hydrogens (tertiary/aromatic N) is 3. The topological polar surface area (TPSA) is 29.0 Å². The Bertz CT molecular complexity index is 995. The van der Waals surface area contributed by atoms with Crippen LogP contribution in [0.5, 0.6) is 0 Å². The second kappa shape index (κ2) is 5.97. The van der Waals surface area contributed by atoms with Crippen molar-refractivity contribution in [3.8, 4) is 0 Å². The predicted octanol–water partition coefficient (Wildman–Crippen LogP) is 5.35. The van der Waals surface area contributed by atoms with Crippen LogP contribution in [0.3, 0.4) is 0 Å². The fourth-order valence-corrected chi connectivity index (χ4v) is 3.49. The van der Waals surface area contributed by atoms with E-state index in [1.54, 1.807) is 6.07 Å². The Morgan fingerprint density at radius 1 is 1.00 bits per heavy atom. The van der Waals surface area contributed by atoms with E-state index in [1.165, 1.54) is 12.4 Å². The van der Waals surface area contributed by atoms with E-state index in [0.29, 0.717) is 18.1 Å². The third-order valence-electron chi connectivity index (χ3n) is 5.02. The smallest absolute Gasteiger partial charge is 0.325 e. The van der Waals surface area contributed by atoms with E-state index in [1.807, 2.05) is 30.9 Å². The molecule has 3 aromatic rings. The second-order valence-electron chi connectivity index (χ2n) is 6.75. The van der Waals surface area contributed by atoms with Crippen LogP contribution in [0.4, 0.5) is 24.7 Å². The zero-order chi connectivity index (χ0) is 18.5. The van der Waals surface area contributed by atoms with Crippen LogP contribution in [0.25, 0.3) is 10.9 Å². The molecule has 0 unspecified atom stereocenters. The van der Waals surface area contributed by atoms with Gasteiger partial charge in [-0.3, -0.25) is 0 Å². The molecule has 0 fully saturated rings. The number of benzene rings is 2. The van der Waals surface area contributed by atoms with E-state index < -0.39 is 11.7 Å². The van der Waals surface area contributed by atoms with Crippen LogP contribution < -0.4 is 4.90 Å². The molecular weight excluding hydrogens is 339 g/mol. The number of hydrogen-bond acceptors (Lipinski definition) is 3. The Balaban J connectivity index is 1.91. The Morgan fingerprint density at radius 3 is 2.54 bits per heavy atom. The van der Waals surface area contributed by atoms with Gasteiger partial charge in [0.2, 0.25) is 0 Å². The van der Waals surface area contributed by atoms with Crippen LogP contribution in [-0.2, 0) is 12.6 Å². The lowest BCUT2D eigenvalue weighted by atomic mass is 9.98. The first-order valence-electron chi connectivity index (χ1n) is 8.54. The number of rotatable bonds is 1. The lowest BCUT2D eigenvalue weighted by molar-refractivity contribution is -0.137. The fourth-order valence-electron chi connectivity index (χ4n) is 3.49. The van der Waals surface area contributed by atoms with Crippen LogP contribution in [0.1, 0.15) is 28.7 Å². The minimum atomic E-state index is -4.36. The van der Waals surface area contributed by atoms with Gasteiger partial charge in [0.15, 0.2) is 0 Å². The molecule has 0 aliphatic carbocycles. The molecule has 0 atom stereocenters. The Kier molecular flexibility index (Phi) is 3.86. The maximum absolute atomic E-state index is 13.2. The van der Waals surface area contributed by atoms with Crippen molar-refractivity contribution in [2.45, 2.75) is 32.9 Å². The number of alkyl halides is 3. The molecule has 0 amide bonds. The summed E-state index contributed by atoms with van der Waals surface area (Å²) in [6.07, 6.45) is -1.24. The molecule has 0 radical (unpaired) electrons. The highest BCUT2D eigenvalue weighted by Gasteiger charge is 2.32. The van der Waals surface area contributed by atoms with Gasteiger partial charge in [-0.25, -0.2) is 9.97 Å². The van der Waals surface area contributed by atoms with Crippen molar-refractivity contribution in [2.75, 3.05) is 11.4 Å². The maximum Gasteiger partial charge on any atom is 0.416 e. The van der Waals surface area contributed by atoms with Gasteiger partial charge in [0.25, 0.3) is 0 Å².